The summed E-state index contributed by atoms with van der Waals surface area (Å²) in [5.74, 6) is -3.08. The zero-order chi connectivity index (χ0) is 13.3. The Kier molecular flexibility index (Phi) is 7.65. The first-order valence-corrected chi connectivity index (χ1v) is 4.88. The van der Waals surface area contributed by atoms with E-state index in [2.05, 4.69) is 5.32 Å². The second kappa shape index (κ2) is 8.48. The van der Waals surface area contributed by atoms with E-state index in [1.807, 2.05) is 0 Å². The number of ether oxygens (including phenoxy) is 1. The summed E-state index contributed by atoms with van der Waals surface area (Å²) in [5, 5.41) is 19.8. The number of nitrogens with zero attached hydrogens (tertiary/aromatic N) is 1. The predicted molar refractivity (Wildman–Crippen MR) is 56.6 cm³/mol. The Morgan fingerprint density at radius 1 is 1.18 bits per heavy atom. The molecule has 0 heterocycles. The van der Waals surface area contributed by atoms with Crippen molar-refractivity contribution in [2.45, 2.75) is 0 Å². The smallest absolute Gasteiger partial charge is 0.323 e. The number of hydrogen-bond donors (Lipinski definition) is 3. The van der Waals surface area contributed by atoms with E-state index >= 15 is 0 Å². The van der Waals surface area contributed by atoms with E-state index in [9.17, 15) is 14.4 Å². The van der Waals surface area contributed by atoms with Gasteiger partial charge in [0.2, 0.25) is 5.91 Å². The van der Waals surface area contributed by atoms with Crippen molar-refractivity contribution >= 4 is 17.8 Å². The molecule has 0 fully saturated rings. The predicted octanol–water partition coefficient (Wildman–Crippen LogP) is -1.78. The third-order valence-corrected chi connectivity index (χ3v) is 1.76. The Hall–Kier alpha value is -1.67. The van der Waals surface area contributed by atoms with Gasteiger partial charge in [0.15, 0.2) is 0 Å². The van der Waals surface area contributed by atoms with Crippen LogP contribution in [0.15, 0.2) is 0 Å². The summed E-state index contributed by atoms with van der Waals surface area (Å²) in [6, 6.07) is 0. The molecule has 1 amide bonds. The Morgan fingerprint density at radius 2 is 1.71 bits per heavy atom. The maximum absolute atomic E-state index is 11.5. The third kappa shape index (κ3) is 8.17. The first-order chi connectivity index (χ1) is 7.97. The number of carboxylic acids is 2. The van der Waals surface area contributed by atoms with Crippen molar-refractivity contribution in [2.75, 3.05) is 39.9 Å². The Bertz CT molecular complexity index is 265. The van der Waals surface area contributed by atoms with E-state index in [0.717, 1.165) is 4.90 Å². The minimum atomic E-state index is -1.25. The minimum Gasteiger partial charge on any atom is -0.480 e. The highest BCUT2D eigenvalue weighted by Crippen LogP contribution is 1.90. The van der Waals surface area contributed by atoms with Crippen molar-refractivity contribution in [3.05, 3.63) is 0 Å². The van der Waals surface area contributed by atoms with Crippen molar-refractivity contribution in [1.82, 2.24) is 10.2 Å². The molecule has 98 valence electrons. The lowest BCUT2D eigenvalue weighted by Gasteiger charge is -2.18. The van der Waals surface area contributed by atoms with Crippen LogP contribution in [-0.2, 0) is 19.1 Å². The van der Waals surface area contributed by atoms with Gasteiger partial charge < -0.3 is 25.2 Å². The molecule has 0 aliphatic carbocycles. The van der Waals surface area contributed by atoms with Gasteiger partial charge in [0.25, 0.3) is 0 Å². The zero-order valence-corrected chi connectivity index (χ0v) is 9.51. The quantitative estimate of drug-likeness (QED) is 0.413. The summed E-state index contributed by atoms with van der Waals surface area (Å²) in [6.07, 6.45) is 0. The SMILES string of the molecule is COCCNCC(=O)N(CC(=O)O)CC(=O)O. The van der Waals surface area contributed by atoms with Gasteiger partial charge >= 0.3 is 11.9 Å². The number of carbonyl (C=O) groups excluding carboxylic acids is 1. The topological polar surface area (TPSA) is 116 Å². The van der Waals surface area contributed by atoms with Crippen molar-refractivity contribution in [3.8, 4) is 0 Å². The van der Waals surface area contributed by atoms with Crippen LogP contribution >= 0.6 is 0 Å². The molecule has 0 aliphatic heterocycles. The summed E-state index contributed by atoms with van der Waals surface area (Å²) >= 11 is 0. The van der Waals surface area contributed by atoms with Crippen molar-refractivity contribution in [3.63, 3.8) is 0 Å². The van der Waals surface area contributed by atoms with Crippen LogP contribution in [-0.4, -0.2) is 72.9 Å². The third-order valence-electron chi connectivity index (χ3n) is 1.76. The van der Waals surface area contributed by atoms with Crippen molar-refractivity contribution in [1.29, 1.82) is 0 Å². The van der Waals surface area contributed by atoms with Crippen LogP contribution in [0.1, 0.15) is 0 Å². The molecule has 3 N–H and O–H groups in total. The number of rotatable bonds is 9. The first kappa shape index (κ1) is 15.3. The molecule has 0 atom stereocenters. The molecule has 8 nitrogen and oxygen atoms in total. The number of methoxy groups -OCH3 is 1. The second-order valence-corrected chi connectivity index (χ2v) is 3.21. The summed E-state index contributed by atoms with van der Waals surface area (Å²) in [6.45, 7) is -0.542. The summed E-state index contributed by atoms with van der Waals surface area (Å²) in [4.78, 5) is 33.1. The summed E-state index contributed by atoms with van der Waals surface area (Å²) in [5.41, 5.74) is 0. The van der Waals surface area contributed by atoms with E-state index in [0.29, 0.717) is 13.2 Å². The summed E-state index contributed by atoms with van der Waals surface area (Å²) < 4.78 is 4.74. The highest BCUT2D eigenvalue weighted by molar-refractivity contribution is 5.86. The van der Waals surface area contributed by atoms with Crippen LogP contribution in [0.4, 0.5) is 0 Å². The van der Waals surface area contributed by atoms with Crippen LogP contribution in [0, 0.1) is 0 Å². The maximum Gasteiger partial charge on any atom is 0.323 e. The van der Waals surface area contributed by atoms with Crippen LogP contribution in [0.2, 0.25) is 0 Å². The Morgan fingerprint density at radius 3 is 2.12 bits per heavy atom. The fourth-order valence-electron chi connectivity index (χ4n) is 1.04. The molecule has 0 rings (SSSR count). The standard InChI is InChI=1S/C9H16N2O6/c1-17-3-2-10-4-7(12)11(5-8(13)14)6-9(15)16/h10H,2-6H2,1H3,(H,13,14)(H,15,16). The number of hydrogen-bond acceptors (Lipinski definition) is 5. The molecule has 0 aromatic carbocycles. The molecular formula is C9H16N2O6. The fraction of sp³-hybridized carbons (Fsp3) is 0.667. The molecular weight excluding hydrogens is 232 g/mol. The molecule has 0 aromatic rings. The van der Waals surface area contributed by atoms with Crippen molar-refractivity contribution < 1.29 is 29.3 Å². The molecule has 0 saturated heterocycles. The number of nitrogens with one attached hydrogen (secondary N) is 1. The second-order valence-electron chi connectivity index (χ2n) is 3.21. The van der Waals surface area contributed by atoms with Crippen molar-refractivity contribution in [2.24, 2.45) is 0 Å². The van der Waals surface area contributed by atoms with Gasteiger partial charge in [-0.1, -0.05) is 0 Å². The van der Waals surface area contributed by atoms with Crippen LogP contribution in [0.3, 0.4) is 0 Å². The summed E-state index contributed by atoms with van der Waals surface area (Å²) in [7, 11) is 1.50. The van der Waals surface area contributed by atoms with E-state index in [-0.39, 0.29) is 6.54 Å². The van der Waals surface area contributed by atoms with E-state index < -0.39 is 30.9 Å². The van der Waals surface area contributed by atoms with Gasteiger partial charge in [-0.2, -0.15) is 0 Å². The zero-order valence-electron chi connectivity index (χ0n) is 9.51. The molecule has 0 aliphatic rings. The van der Waals surface area contributed by atoms with Gasteiger partial charge in [0, 0.05) is 13.7 Å². The van der Waals surface area contributed by atoms with Crippen LogP contribution in [0.5, 0.6) is 0 Å². The van der Waals surface area contributed by atoms with Gasteiger partial charge in [-0.3, -0.25) is 14.4 Å². The van der Waals surface area contributed by atoms with E-state index in [1.54, 1.807) is 0 Å². The minimum absolute atomic E-state index is 0.121. The molecule has 0 radical (unpaired) electrons. The number of aliphatic carboxylic acids is 2. The van der Waals surface area contributed by atoms with Crippen LogP contribution in [0.25, 0.3) is 0 Å². The first-order valence-electron chi connectivity index (χ1n) is 4.88. The van der Waals surface area contributed by atoms with Crippen LogP contribution < -0.4 is 5.32 Å². The van der Waals surface area contributed by atoms with Gasteiger partial charge in [0.05, 0.1) is 13.2 Å². The van der Waals surface area contributed by atoms with Gasteiger partial charge in [-0.25, -0.2) is 0 Å². The lowest BCUT2D eigenvalue weighted by atomic mass is 10.4. The Labute approximate surface area is 98.2 Å². The molecule has 0 unspecified atom stereocenters. The van der Waals surface area contributed by atoms with E-state index in [1.165, 1.54) is 7.11 Å². The number of carbonyl (C=O) groups is 3. The molecule has 0 saturated carbocycles. The number of carboxylic acid groups (broad SMARTS) is 2. The Balaban J connectivity index is 4.12. The fourth-order valence-corrected chi connectivity index (χ4v) is 1.04. The van der Waals surface area contributed by atoms with Gasteiger partial charge in [0.1, 0.15) is 13.1 Å². The van der Waals surface area contributed by atoms with Gasteiger partial charge in [-0.15, -0.1) is 0 Å². The average molecular weight is 248 g/mol. The molecule has 17 heavy (non-hydrogen) atoms. The monoisotopic (exact) mass is 248 g/mol. The average Bonchev–Trinajstić information content (AvgIpc) is 2.22. The van der Waals surface area contributed by atoms with E-state index in [4.69, 9.17) is 14.9 Å². The van der Waals surface area contributed by atoms with Gasteiger partial charge in [-0.05, 0) is 0 Å². The lowest BCUT2D eigenvalue weighted by molar-refractivity contribution is -0.149. The molecule has 0 aromatic heterocycles. The largest absolute Gasteiger partial charge is 0.480 e. The lowest BCUT2D eigenvalue weighted by Crippen LogP contribution is -2.44. The highest BCUT2D eigenvalue weighted by atomic mass is 16.5. The normalized spacial score (nSPS) is 9.94. The number of amides is 1. The molecule has 8 heteroatoms. The molecule has 0 bridgehead atoms. The molecule has 0 spiro atoms. The highest BCUT2D eigenvalue weighted by Gasteiger charge is 2.18. The maximum atomic E-state index is 11.5.